The van der Waals surface area contributed by atoms with E-state index in [9.17, 15) is 0 Å². The van der Waals surface area contributed by atoms with Gasteiger partial charge in [-0.25, -0.2) is 9.97 Å². The highest BCUT2D eigenvalue weighted by Gasteiger charge is 2.06. The SMILES string of the molecule is NCc1nccc(Nc2coc3ccccc23)n1. The van der Waals surface area contributed by atoms with Crippen LogP contribution in [0.1, 0.15) is 5.82 Å². The monoisotopic (exact) mass is 240 g/mol. The highest BCUT2D eigenvalue weighted by atomic mass is 16.3. The fraction of sp³-hybridized carbons (Fsp3) is 0.0769. The number of rotatable bonds is 3. The molecule has 0 atom stereocenters. The number of nitrogens with zero attached hydrogens (tertiary/aromatic N) is 2. The maximum absolute atomic E-state index is 5.51. The molecule has 5 nitrogen and oxygen atoms in total. The molecule has 5 heteroatoms. The third kappa shape index (κ3) is 1.91. The zero-order chi connectivity index (χ0) is 12.4. The van der Waals surface area contributed by atoms with E-state index in [1.54, 1.807) is 18.5 Å². The van der Waals surface area contributed by atoms with Crippen LogP contribution in [0.15, 0.2) is 47.2 Å². The number of aromatic nitrogens is 2. The summed E-state index contributed by atoms with van der Waals surface area (Å²) in [7, 11) is 0. The molecule has 0 bridgehead atoms. The lowest BCUT2D eigenvalue weighted by Crippen LogP contribution is -2.04. The van der Waals surface area contributed by atoms with E-state index in [0.717, 1.165) is 16.7 Å². The third-order valence-corrected chi connectivity index (χ3v) is 2.63. The first-order chi connectivity index (χ1) is 8.86. The van der Waals surface area contributed by atoms with Crippen molar-refractivity contribution < 1.29 is 4.42 Å². The maximum Gasteiger partial charge on any atom is 0.144 e. The molecule has 0 spiro atoms. The molecule has 2 aromatic heterocycles. The second kappa shape index (κ2) is 4.46. The number of para-hydroxylation sites is 1. The number of benzene rings is 1. The first-order valence-electron chi connectivity index (χ1n) is 5.62. The number of hydrogen-bond acceptors (Lipinski definition) is 5. The van der Waals surface area contributed by atoms with Gasteiger partial charge in [-0.15, -0.1) is 0 Å². The molecule has 0 aliphatic carbocycles. The average molecular weight is 240 g/mol. The highest BCUT2D eigenvalue weighted by Crippen LogP contribution is 2.27. The summed E-state index contributed by atoms with van der Waals surface area (Å²) in [5.74, 6) is 1.31. The van der Waals surface area contributed by atoms with Gasteiger partial charge in [-0.3, -0.25) is 0 Å². The van der Waals surface area contributed by atoms with Gasteiger partial charge in [0, 0.05) is 11.6 Å². The van der Waals surface area contributed by atoms with Gasteiger partial charge in [-0.2, -0.15) is 0 Å². The first kappa shape index (κ1) is 10.7. The lowest BCUT2D eigenvalue weighted by atomic mass is 10.2. The lowest BCUT2D eigenvalue weighted by molar-refractivity contribution is 0.617. The second-order valence-corrected chi connectivity index (χ2v) is 3.83. The summed E-state index contributed by atoms with van der Waals surface area (Å²) in [5, 5.41) is 4.22. The normalized spacial score (nSPS) is 10.7. The van der Waals surface area contributed by atoms with Gasteiger partial charge in [-0.05, 0) is 18.2 Å². The molecule has 0 fully saturated rings. The summed E-state index contributed by atoms with van der Waals surface area (Å²) >= 11 is 0. The van der Waals surface area contributed by atoms with E-state index in [1.165, 1.54) is 0 Å². The maximum atomic E-state index is 5.51. The summed E-state index contributed by atoms with van der Waals surface area (Å²) in [6, 6.07) is 9.61. The van der Waals surface area contributed by atoms with Gasteiger partial charge < -0.3 is 15.5 Å². The van der Waals surface area contributed by atoms with Crippen molar-refractivity contribution in [2.75, 3.05) is 5.32 Å². The summed E-state index contributed by atoms with van der Waals surface area (Å²) in [6.45, 7) is 0.321. The van der Waals surface area contributed by atoms with Gasteiger partial charge in [0.2, 0.25) is 0 Å². The van der Waals surface area contributed by atoms with Gasteiger partial charge in [0.05, 0.1) is 12.2 Å². The van der Waals surface area contributed by atoms with E-state index >= 15 is 0 Å². The van der Waals surface area contributed by atoms with Gasteiger partial charge in [-0.1, -0.05) is 12.1 Å². The van der Waals surface area contributed by atoms with Crippen LogP contribution in [0.2, 0.25) is 0 Å². The van der Waals surface area contributed by atoms with E-state index in [0.29, 0.717) is 18.2 Å². The Labute approximate surface area is 104 Å². The Kier molecular flexibility index (Phi) is 2.66. The van der Waals surface area contributed by atoms with Crippen LogP contribution >= 0.6 is 0 Å². The standard InChI is InChI=1S/C13H12N4O/c14-7-13-15-6-5-12(17-13)16-10-8-18-11-4-2-1-3-9(10)11/h1-6,8H,7,14H2,(H,15,16,17). The minimum Gasteiger partial charge on any atom is -0.462 e. The molecule has 0 radical (unpaired) electrons. The van der Waals surface area contributed by atoms with Gasteiger partial charge in [0.15, 0.2) is 0 Å². The molecular weight excluding hydrogens is 228 g/mol. The molecule has 0 unspecified atom stereocenters. The number of nitrogens with two attached hydrogens (primary N) is 1. The van der Waals surface area contributed by atoms with Crippen molar-refractivity contribution >= 4 is 22.5 Å². The Bertz CT molecular complexity index is 677. The topological polar surface area (TPSA) is 77.0 Å². The van der Waals surface area contributed by atoms with Crippen LogP contribution < -0.4 is 11.1 Å². The summed E-state index contributed by atoms with van der Waals surface area (Å²) < 4.78 is 5.45. The molecule has 18 heavy (non-hydrogen) atoms. The zero-order valence-electron chi connectivity index (χ0n) is 9.63. The van der Waals surface area contributed by atoms with E-state index < -0.39 is 0 Å². The number of fused-ring (bicyclic) bond motifs is 1. The summed E-state index contributed by atoms with van der Waals surface area (Å²) in [5.41, 5.74) is 7.23. The molecule has 3 N–H and O–H groups in total. The molecule has 0 saturated carbocycles. The van der Waals surface area contributed by atoms with E-state index in [-0.39, 0.29) is 0 Å². The third-order valence-electron chi connectivity index (χ3n) is 2.63. The van der Waals surface area contributed by atoms with Crippen LogP contribution in [-0.4, -0.2) is 9.97 Å². The van der Waals surface area contributed by atoms with Crippen LogP contribution in [0.5, 0.6) is 0 Å². The Balaban J connectivity index is 1.96. The Hall–Kier alpha value is -2.40. The molecule has 90 valence electrons. The number of nitrogens with one attached hydrogen (secondary N) is 1. The van der Waals surface area contributed by atoms with Gasteiger partial charge in [0.1, 0.15) is 23.5 Å². The largest absolute Gasteiger partial charge is 0.462 e. The fourth-order valence-electron chi connectivity index (χ4n) is 1.78. The van der Waals surface area contributed by atoms with Crippen LogP contribution in [0.3, 0.4) is 0 Å². The number of furan rings is 1. The molecule has 0 aliphatic heterocycles. The number of hydrogen-bond donors (Lipinski definition) is 2. The highest BCUT2D eigenvalue weighted by molar-refractivity contribution is 5.91. The summed E-state index contributed by atoms with van der Waals surface area (Å²) in [6.07, 6.45) is 3.36. The van der Waals surface area contributed by atoms with Gasteiger partial charge in [0.25, 0.3) is 0 Å². The Morgan fingerprint density at radius 1 is 1.22 bits per heavy atom. The average Bonchev–Trinajstić information content (AvgIpc) is 2.83. The van der Waals surface area contributed by atoms with Crippen molar-refractivity contribution in [1.82, 2.24) is 9.97 Å². The quantitative estimate of drug-likeness (QED) is 0.735. The first-order valence-corrected chi connectivity index (χ1v) is 5.62. The van der Waals surface area contributed by atoms with Crippen molar-refractivity contribution in [2.24, 2.45) is 5.73 Å². The van der Waals surface area contributed by atoms with Crippen LogP contribution in [0, 0.1) is 0 Å². The molecule has 2 heterocycles. The van der Waals surface area contributed by atoms with Crippen molar-refractivity contribution in [2.45, 2.75) is 6.54 Å². The predicted octanol–water partition coefficient (Wildman–Crippen LogP) is 2.43. The van der Waals surface area contributed by atoms with Crippen molar-refractivity contribution in [1.29, 1.82) is 0 Å². The molecule has 0 aliphatic rings. The molecule has 3 aromatic rings. The Morgan fingerprint density at radius 2 is 2.11 bits per heavy atom. The van der Waals surface area contributed by atoms with Crippen LogP contribution in [-0.2, 0) is 6.54 Å². The van der Waals surface area contributed by atoms with Crippen LogP contribution in [0.4, 0.5) is 11.5 Å². The fourth-order valence-corrected chi connectivity index (χ4v) is 1.78. The van der Waals surface area contributed by atoms with Gasteiger partial charge >= 0.3 is 0 Å². The summed E-state index contributed by atoms with van der Waals surface area (Å²) in [4.78, 5) is 8.33. The molecule has 1 aromatic carbocycles. The van der Waals surface area contributed by atoms with E-state index in [1.807, 2.05) is 24.3 Å². The molecular formula is C13H12N4O. The molecule has 0 amide bonds. The van der Waals surface area contributed by atoms with Crippen molar-refractivity contribution in [3.63, 3.8) is 0 Å². The minimum atomic E-state index is 0.321. The van der Waals surface area contributed by atoms with Crippen molar-refractivity contribution in [3.8, 4) is 0 Å². The lowest BCUT2D eigenvalue weighted by Gasteiger charge is -2.04. The van der Waals surface area contributed by atoms with Crippen LogP contribution in [0.25, 0.3) is 11.0 Å². The van der Waals surface area contributed by atoms with E-state index in [4.69, 9.17) is 10.2 Å². The Morgan fingerprint density at radius 3 is 3.00 bits per heavy atom. The smallest absolute Gasteiger partial charge is 0.144 e. The second-order valence-electron chi connectivity index (χ2n) is 3.83. The minimum absolute atomic E-state index is 0.321. The zero-order valence-corrected chi connectivity index (χ0v) is 9.63. The van der Waals surface area contributed by atoms with E-state index in [2.05, 4.69) is 15.3 Å². The van der Waals surface area contributed by atoms with Crippen molar-refractivity contribution in [3.05, 3.63) is 48.6 Å². The number of anilines is 2. The predicted molar refractivity (Wildman–Crippen MR) is 69.4 cm³/mol. The molecule has 3 rings (SSSR count). The molecule has 0 saturated heterocycles.